The molecular weight excluding hydrogens is 228 g/mol. The molecule has 0 nitrogen and oxygen atoms in total. The van der Waals surface area contributed by atoms with Crippen molar-refractivity contribution >= 4 is 0 Å². The maximum Gasteiger partial charge on any atom is -0.0188 e. The van der Waals surface area contributed by atoms with Crippen molar-refractivity contribution < 1.29 is 0 Å². The number of hydrogen-bond acceptors (Lipinski definition) is 0. The van der Waals surface area contributed by atoms with Gasteiger partial charge in [0.05, 0.1) is 0 Å². The molecule has 0 bridgehead atoms. The number of fused-ring (bicyclic) bond motifs is 1. The second-order valence-corrected chi connectivity index (χ2v) is 5.20. The number of allylic oxidation sites excluding steroid dienone is 1. The van der Waals surface area contributed by atoms with E-state index in [0.717, 1.165) is 5.92 Å². The van der Waals surface area contributed by atoms with Gasteiger partial charge in [0.2, 0.25) is 0 Å². The van der Waals surface area contributed by atoms with Crippen LogP contribution in [0.2, 0.25) is 0 Å². The Bertz CT molecular complexity index is 349. The largest absolute Gasteiger partial charge is 0.100 e. The van der Waals surface area contributed by atoms with Crippen LogP contribution in [0.5, 0.6) is 0 Å². The molecule has 0 radical (unpaired) electrons. The van der Waals surface area contributed by atoms with E-state index in [1.807, 2.05) is 0 Å². The van der Waals surface area contributed by atoms with E-state index >= 15 is 0 Å². The molecule has 0 saturated carbocycles. The summed E-state index contributed by atoms with van der Waals surface area (Å²) in [6.45, 7) is 10.3. The highest BCUT2D eigenvalue weighted by atomic mass is 14.2. The molecule has 0 saturated heterocycles. The highest BCUT2D eigenvalue weighted by molar-refractivity contribution is 5.31. The first-order valence-electron chi connectivity index (χ1n) is 6.87. The lowest BCUT2D eigenvalue weighted by atomic mass is 9.84. The van der Waals surface area contributed by atoms with E-state index in [1.54, 1.807) is 11.1 Å². The second kappa shape index (κ2) is 10.8. The standard InChI is InChI=1S/C11H14.C6H12.2CH4/c1-9-5-4-7-10-6-2-3-8-11(9)10;1-4-5-6(2)3;;/h2-3,6,8-9H,4-5,7H2,1H3;2,4-5H2,1,3H3;2*1H4/t9-;;;/m1.../s1. The Hall–Kier alpha value is -1.04. The van der Waals surface area contributed by atoms with Crippen molar-refractivity contribution in [3.63, 3.8) is 0 Å². The van der Waals surface area contributed by atoms with Gasteiger partial charge in [-0.3, -0.25) is 0 Å². The molecule has 0 aromatic heterocycles. The van der Waals surface area contributed by atoms with Crippen molar-refractivity contribution in [3.05, 3.63) is 47.5 Å². The molecule has 110 valence electrons. The molecule has 0 spiro atoms. The maximum absolute atomic E-state index is 3.74. The summed E-state index contributed by atoms with van der Waals surface area (Å²) >= 11 is 0. The normalized spacial score (nSPS) is 15.8. The third-order valence-corrected chi connectivity index (χ3v) is 3.35. The first kappa shape index (κ1) is 20.3. The van der Waals surface area contributed by atoms with Crippen LogP contribution in [0.4, 0.5) is 0 Å². The van der Waals surface area contributed by atoms with E-state index in [2.05, 4.69) is 51.6 Å². The number of aryl methyl sites for hydroxylation is 1. The van der Waals surface area contributed by atoms with Crippen molar-refractivity contribution in [1.29, 1.82) is 0 Å². The van der Waals surface area contributed by atoms with Gasteiger partial charge >= 0.3 is 0 Å². The van der Waals surface area contributed by atoms with Gasteiger partial charge in [0, 0.05) is 0 Å². The number of benzene rings is 1. The Morgan fingerprint density at radius 3 is 2.37 bits per heavy atom. The van der Waals surface area contributed by atoms with Crippen molar-refractivity contribution in [2.75, 3.05) is 0 Å². The molecule has 1 aromatic rings. The summed E-state index contributed by atoms with van der Waals surface area (Å²) in [4.78, 5) is 0. The average Bonchev–Trinajstić information content (AvgIpc) is 2.30. The van der Waals surface area contributed by atoms with Gasteiger partial charge in [0.25, 0.3) is 0 Å². The molecule has 1 aliphatic carbocycles. The molecule has 0 amide bonds. The van der Waals surface area contributed by atoms with E-state index in [0.29, 0.717) is 0 Å². The molecule has 19 heavy (non-hydrogen) atoms. The zero-order chi connectivity index (χ0) is 12.7. The summed E-state index contributed by atoms with van der Waals surface area (Å²) in [5.41, 5.74) is 4.45. The van der Waals surface area contributed by atoms with Crippen LogP contribution in [0, 0.1) is 0 Å². The highest BCUT2D eigenvalue weighted by Gasteiger charge is 2.14. The fourth-order valence-electron chi connectivity index (χ4n) is 2.42. The van der Waals surface area contributed by atoms with Crippen LogP contribution in [0.1, 0.15) is 78.4 Å². The SMILES string of the molecule is C.C.C=C(C)CCC.C[C@@H]1CCCc2ccccc21. The van der Waals surface area contributed by atoms with Gasteiger partial charge in [-0.25, -0.2) is 0 Å². The molecular formula is C19H34. The quantitative estimate of drug-likeness (QED) is 0.516. The Morgan fingerprint density at radius 2 is 1.89 bits per heavy atom. The molecule has 1 aromatic carbocycles. The highest BCUT2D eigenvalue weighted by Crippen LogP contribution is 2.30. The van der Waals surface area contributed by atoms with Crippen LogP contribution in [0.3, 0.4) is 0 Å². The smallest absolute Gasteiger partial charge is 0.0188 e. The van der Waals surface area contributed by atoms with Crippen molar-refractivity contribution in [1.82, 2.24) is 0 Å². The van der Waals surface area contributed by atoms with Crippen LogP contribution in [0.25, 0.3) is 0 Å². The van der Waals surface area contributed by atoms with E-state index in [4.69, 9.17) is 0 Å². The minimum Gasteiger partial charge on any atom is -0.100 e. The Morgan fingerprint density at radius 1 is 1.26 bits per heavy atom. The molecule has 0 aliphatic heterocycles. The maximum atomic E-state index is 3.74. The van der Waals surface area contributed by atoms with Crippen LogP contribution in [-0.2, 0) is 6.42 Å². The van der Waals surface area contributed by atoms with Crippen molar-refractivity contribution in [2.24, 2.45) is 0 Å². The van der Waals surface area contributed by atoms with Gasteiger partial charge < -0.3 is 0 Å². The fraction of sp³-hybridized carbons (Fsp3) is 0.579. The lowest BCUT2D eigenvalue weighted by Gasteiger charge is -2.21. The Labute approximate surface area is 121 Å². The van der Waals surface area contributed by atoms with Crippen LogP contribution < -0.4 is 0 Å². The van der Waals surface area contributed by atoms with Gasteiger partial charge in [0.15, 0.2) is 0 Å². The predicted octanol–water partition coefficient (Wildman–Crippen LogP) is 6.76. The zero-order valence-electron chi connectivity index (χ0n) is 11.6. The molecule has 0 fully saturated rings. The molecule has 0 N–H and O–H groups in total. The fourth-order valence-corrected chi connectivity index (χ4v) is 2.42. The molecule has 0 heteroatoms. The molecule has 1 atom stereocenters. The van der Waals surface area contributed by atoms with Crippen molar-refractivity contribution in [2.45, 2.75) is 73.6 Å². The van der Waals surface area contributed by atoms with Gasteiger partial charge in [-0.1, -0.05) is 65.0 Å². The van der Waals surface area contributed by atoms with Crippen LogP contribution in [-0.4, -0.2) is 0 Å². The summed E-state index contributed by atoms with van der Waals surface area (Å²) in [6.07, 6.45) is 6.45. The molecule has 1 aliphatic rings. The first-order valence-corrected chi connectivity index (χ1v) is 6.87. The topological polar surface area (TPSA) is 0 Å². The lowest BCUT2D eigenvalue weighted by molar-refractivity contribution is 0.590. The minimum atomic E-state index is 0. The van der Waals surface area contributed by atoms with Gasteiger partial charge in [-0.15, -0.1) is 6.58 Å². The Balaban J connectivity index is 0. The van der Waals surface area contributed by atoms with E-state index in [-0.39, 0.29) is 14.9 Å². The van der Waals surface area contributed by atoms with Gasteiger partial charge in [0.1, 0.15) is 0 Å². The Kier molecular flexibility index (Phi) is 11.6. The molecule has 0 heterocycles. The van der Waals surface area contributed by atoms with Crippen LogP contribution >= 0.6 is 0 Å². The zero-order valence-corrected chi connectivity index (χ0v) is 11.6. The minimum absolute atomic E-state index is 0. The molecule has 0 unspecified atom stereocenters. The summed E-state index contributed by atoms with van der Waals surface area (Å²) in [5, 5.41) is 0. The second-order valence-electron chi connectivity index (χ2n) is 5.20. The van der Waals surface area contributed by atoms with Crippen molar-refractivity contribution in [3.8, 4) is 0 Å². The number of hydrogen-bond donors (Lipinski definition) is 0. The summed E-state index contributed by atoms with van der Waals surface area (Å²) < 4.78 is 0. The van der Waals surface area contributed by atoms with E-state index < -0.39 is 0 Å². The van der Waals surface area contributed by atoms with E-state index in [9.17, 15) is 0 Å². The molecule has 2 rings (SSSR count). The van der Waals surface area contributed by atoms with E-state index in [1.165, 1.54) is 37.7 Å². The third-order valence-electron chi connectivity index (χ3n) is 3.35. The lowest BCUT2D eigenvalue weighted by Crippen LogP contribution is -2.05. The van der Waals surface area contributed by atoms with Gasteiger partial charge in [-0.2, -0.15) is 0 Å². The summed E-state index contributed by atoms with van der Waals surface area (Å²) in [5.74, 6) is 0.792. The van der Waals surface area contributed by atoms with Crippen LogP contribution in [0.15, 0.2) is 36.4 Å². The average molecular weight is 262 g/mol. The monoisotopic (exact) mass is 262 g/mol. The van der Waals surface area contributed by atoms with Gasteiger partial charge in [-0.05, 0) is 49.7 Å². The third kappa shape index (κ3) is 7.20. The first-order chi connectivity index (χ1) is 8.15. The predicted molar refractivity (Wildman–Crippen MR) is 91.0 cm³/mol. The summed E-state index contributed by atoms with van der Waals surface area (Å²) in [7, 11) is 0. The number of rotatable bonds is 2. The summed E-state index contributed by atoms with van der Waals surface area (Å²) in [6, 6.07) is 8.85.